The van der Waals surface area contributed by atoms with Gasteiger partial charge in [-0.15, -0.1) is 4.91 Å². The van der Waals surface area contributed by atoms with Crippen LogP contribution >= 0.6 is 0 Å². The Hall–Kier alpha value is -1.12. The molecule has 0 radical (unpaired) electrons. The zero-order chi connectivity index (χ0) is 7.61. The van der Waals surface area contributed by atoms with Crippen molar-refractivity contribution >= 4 is 0 Å². The summed E-state index contributed by atoms with van der Waals surface area (Å²) >= 11 is 0. The SMILES string of the molecule is CC1(N=O)CC=CC=C1O. The molecule has 0 spiro atoms. The van der Waals surface area contributed by atoms with Crippen LogP contribution in [0, 0.1) is 4.91 Å². The summed E-state index contributed by atoms with van der Waals surface area (Å²) in [5.41, 5.74) is -0.922. The van der Waals surface area contributed by atoms with E-state index < -0.39 is 5.54 Å². The molecule has 0 saturated carbocycles. The minimum Gasteiger partial charge on any atom is -0.510 e. The minimum absolute atomic E-state index is 0.0463. The summed E-state index contributed by atoms with van der Waals surface area (Å²) in [5, 5.41) is 12.0. The van der Waals surface area contributed by atoms with Crippen LogP contribution in [-0.4, -0.2) is 10.6 Å². The molecule has 1 rings (SSSR count). The van der Waals surface area contributed by atoms with Crippen LogP contribution < -0.4 is 0 Å². The van der Waals surface area contributed by atoms with E-state index in [2.05, 4.69) is 5.18 Å². The van der Waals surface area contributed by atoms with E-state index in [1.807, 2.05) is 0 Å². The molecule has 1 N–H and O–H groups in total. The van der Waals surface area contributed by atoms with Crippen molar-refractivity contribution in [3.8, 4) is 0 Å². The second-order valence-electron chi connectivity index (χ2n) is 2.55. The molecule has 1 aliphatic carbocycles. The van der Waals surface area contributed by atoms with Gasteiger partial charge in [-0.1, -0.05) is 17.3 Å². The Morgan fingerprint density at radius 1 is 1.80 bits per heavy atom. The topological polar surface area (TPSA) is 49.7 Å². The van der Waals surface area contributed by atoms with Gasteiger partial charge in [0, 0.05) is 6.42 Å². The Morgan fingerprint density at radius 2 is 2.50 bits per heavy atom. The number of aliphatic hydroxyl groups is 1. The van der Waals surface area contributed by atoms with Crippen LogP contribution in [0.5, 0.6) is 0 Å². The lowest BCUT2D eigenvalue weighted by Gasteiger charge is -2.20. The standard InChI is InChI=1S/C7H9NO2/c1-7(8-10)5-3-2-4-6(7)9/h2-4,9H,5H2,1H3. The predicted octanol–water partition coefficient (Wildman–Crippen LogP) is 1.91. The largest absolute Gasteiger partial charge is 0.510 e. The van der Waals surface area contributed by atoms with Crippen molar-refractivity contribution in [2.24, 2.45) is 5.18 Å². The molecule has 0 heterocycles. The Bertz CT molecular complexity index is 208. The lowest BCUT2D eigenvalue weighted by atomic mass is 9.93. The van der Waals surface area contributed by atoms with E-state index in [1.165, 1.54) is 6.08 Å². The van der Waals surface area contributed by atoms with Gasteiger partial charge in [-0.25, -0.2) is 0 Å². The summed E-state index contributed by atoms with van der Waals surface area (Å²) in [4.78, 5) is 10.2. The summed E-state index contributed by atoms with van der Waals surface area (Å²) in [6.07, 6.45) is 5.49. The number of allylic oxidation sites excluding steroid dienone is 2. The van der Waals surface area contributed by atoms with E-state index in [4.69, 9.17) is 5.11 Å². The van der Waals surface area contributed by atoms with Crippen LogP contribution in [0.4, 0.5) is 0 Å². The lowest BCUT2D eigenvalue weighted by molar-refractivity contribution is 0.306. The number of nitrogens with zero attached hydrogens (tertiary/aromatic N) is 1. The second-order valence-corrected chi connectivity index (χ2v) is 2.55. The normalized spacial score (nSPS) is 31.5. The molecule has 0 bridgehead atoms. The van der Waals surface area contributed by atoms with Gasteiger partial charge in [-0.05, 0) is 13.0 Å². The fourth-order valence-electron chi connectivity index (χ4n) is 0.825. The molecule has 10 heavy (non-hydrogen) atoms. The smallest absolute Gasteiger partial charge is 0.159 e. The quantitative estimate of drug-likeness (QED) is 0.564. The third-order valence-electron chi connectivity index (χ3n) is 1.66. The zero-order valence-corrected chi connectivity index (χ0v) is 5.74. The van der Waals surface area contributed by atoms with Crippen molar-refractivity contribution in [3.63, 3.8) is 0 Å². The van der Waals surface area contributed by atoms with Gasteiger partial charge in [0.1, 0.15) is 5.76 Å². The first kappa shape index (κ1) is 6.99. The molecule has 0 aromatic heterocycles. The molecule has 1 atom stereocenters. The highest BCUT2D eigenvalue weighted by Gasteiger charge is 2.30. The highest BCUT2D eigenvalue weighted by atomic mass is 16.3. The van der Waals surface area contributed by atoms with Crippen molar-refractivity contribution in [2.45, 2.75) is 18.9 Å². The van der Waals surface area contributed by atoms with Gasteiger partial charge in [0.05, 0.1) is 0 Å². The molecule has 0 saturated heterocycles. The molecule has 1 unspecified atom stereocenters. The van der Waals surface area contributed by atoms with E-state index in [1.54, 1.807) is 19.1 Å². The maximum atomic E-state index is 10.2. The van der Waals surface area contributed by atoms with Crippen LogP contribution in [0.3, 0.4) is 0 Å². The second kappa shape index (κ2) is 2.25. The third-order valence-corrected chi connectivity index (χ3v) is 1.66. The number of nitroso groups, excluding NO2 is 1. The Morgan fingerprint density at radius 3 is 2.90 bits per heavy atom. The predicted molar refractivity (Wildman–Crippen MR) is 38.7 cm³/mol. The van der Waals surface area contributed by atoms with Crippen LogP contribution in [-0.2, 0) is 0 Å². The van der Waals surface area contributed by atoms with Crippen molar-refractivity contribution in [1.29, 1.82) is 0 Å². The minimum atomic E-state index is -0.922. The highest BCUT2D eigenvalue weighted by Crippen LogP contribution is 2.26. The fourth-order valence-corrected chi connectivity index (χ4v) is 0.825. The van der Waals surface area contributed by atoms with E-state index >= 15 is 0 Å². The summed E-state index contributed by atoms with van der Waals surface area (Å²) in [6.45, 7) is 1.61. The van der Waals surface area contributed by atoms with Gasteiger partial charge in [-0.3, -0.25) is 0 Å². The van der Waals surface area contributed by atoms with E-state index in [-0.39, 0.29) is 5.76 Å². The lowest BCUT2D eigenvalue weighted by Crippen LogP contribution is -2.24. The van der Waals surface area contributed by atoms with Crippen LogP contribution in [0.25, 0.3) is 0 Å². The summed E-state index contributed by atoms with van der Waals surface area (Å²) in [5.74, 6) is 0.0463. The van der Waals surface area contributed by atoms with Crippen molar-refractivity contribution < 1.29 is 5.11 Å². The van der Waals surface area contributed by atoms with Gasteiger partial charge in [-0.2, -0.15) is 0 Å². The van der Waals surface area contributed by atoms with Crippen LogP contribution in [0.1, 0.15) is 13.3 Å². The van der Waals surface area contributed by atoms with Gasteiger partial charge in [0.25, 0.3) is 0 Å². The van der Waals surface area contributed by atoms with Gasteiger partial charge < -0.3 is 5.11 Å². The highest BCUT2D eigenvalue weighted by molar-refractivity contribution is 5.24. The van der Waals surface area contributed by atoms with Crippen LogP contribution in [0.15, 0.2) is 29.2 Å². The van der Waals surface area contributed by atoms with Crippen molar-refractivity contribution in [3.05, 3.63) is 28.9 Å². The van der Waals surface area contributed by atoms with E-state index in [0.717, 1.165) is 0 Å². The first-order valence-electron chi connectivity index (χ1n) is 3.10. The molecule has 0 amide bonds. The molecule has 54 valence electrons. The molecule has 1 aliphatic rings. The molecule has 0 aromatic carbocycles. The third kappa shape index (κ3) is 0.943. The summed E-state index contributed by atoms with van der Waals surface area (Å²) in [6, 6.07) is 0. The number of aliphatic hydroxyl groups excluding tert-OH is 1. The average Bonchev–Trinajstić information content (AvgIpc) is 1.96. The Balaban J connectivity index is 2.91. The van der Waals surface area contributed by atoms with Gasteiger partial charge in [0.15, 0.2) is 5.54 Å². The number of hydrogen-bond acceptors (Lipinski definition) is 3. The first-order chi connectivity index (χ1) is 4.69. The zero-order valence-electron chi connectivity index (χ0n) is 5.74. The summed E-state index contributed by atoms with van der Waals surface area (Å²) in [7, 11) is 0. The molecule has 0 fully saturated rings. The molecule has 3 nitrogen and oxygen atoms in total. The van der Waals surface area contributed by atoms with Gasteiger partial charge in [0.2, 0.25) is 0 Å². The summed E-state index contributed by atoms with van der Waals surface area (Å²) < 4.78 is 0. The van der Waals surface area contributed by atoms with E-state index in [9.17, 15) is 4.91 Å². The van der Waals surface area contributed by atoms with Crippen molar-refractivity contribution in [2.75, 3.05) is 0 Å². The molecule has 3 heteroatoms. The van der Waals surface area contributed by atoms with Crippen molar-refractivity contribution in [1.82, 2.24) is 0 Å². The number of rotatable bonds is 1. The Kier molecular flexibility index (Phi) is 1.57. The van der Waals surface area contributed by atoms with Crippen LogP contribution in [0.2, 0.25) is 0 Å². The molecule has 0 aliphatic heterocycles. The maximum Gasteiger partial charge on any atom is 0.159 e. The van der Waals surface area contributed by atoms with E-state index in [0.29, 0.717) is 6.42 Å². The molecule has 0 aromatic rings. The Labute approximate surface area is 59.0 Å². The molecular weight excluding hydrogens is 130 g/mol. The van der Waals surface area contributed by atoms with Gasteiger partial charge >= 0.3 is 0 Å². The number of hydrogen-bond donors (Lipinski definition) is 1. The monoisotopic (exact) mass is 139 g/mol. The fraction of sp³-hybridized carbons (Fsp3) is 0.429. The average molecular weight is 139 g/mol. The molecular formula is C7H9NO2. The first-order valence-corrected chi connectivity index (χ1v) is 3.10. The maximum absolute atomic E-state index is 10.2.